The van der Waals surface area contributed by atoms with Gasteiger partial charge in [-0.1, -0.05) is 33.6 Å². The minimum Gasteiger partial charge on any atom is -0.481 e. The van der Waals surface area contributed by atoms with E-state index in [2.05, 4.69) is 39.2 Å². The Morgan fingerprint density at radius 1 is 1.00 bits per heavy atom. The van der Waals surface area contributed by atoms with Crippen LogP contribution in [0.1, 0.15) is 92.9 Å². The molecule has 0 aromatic carbocycles. The highest BCUT2D eigenvalue weighted by Crippen LogP contribution is 2.45. The lowest BCUT2D eigenvalue weighted by molar-refractivity contribution is -0.162. The van der Waals surface area contributed by atoms with E-state index in [-0.39, 0.29) is 23.3 Å². The second-order valence-electron chi connectivity index (χ2n) is 12.9. The maximum Gasteiger partial charge on any atom is 0.309 e. The van der Waals surface area contributed by atoms with Gasteiger partial charge < -0.3 is 24.3 Å². The number of esters is 1. The summed E-state index contributed by atoms with van der Waals surface area (Å²) in [4.78, 5) is 38.2. The third-order valence-corrected chi connectivity index (χ3v) is 12.1. The molecule has 2 atom stereocenters. The predicted octanol–water partition coefficient (Wildman–Crippen LogP) is 5.30. The van der Waals surface area contributed by atoms with Crippen LogP contribution < -0.4 is 5.32 Å². The quantitative estimate of drug-likeness (QED) is 0.232. The molecule has 9 heteroatoms. The molecule has 210 valence electrons. The molecule has 0 spiro atoms. The molecule has 8 nitrogen and oxygen atoms in total. The van der Waals surface area contributed by atoms with Gasteiger partial charge in [0, 0.05) is 26.4 Å². The van der Waals surface area contributed by atoms with Crippen LogP contribution in [0.4, 0.5) is 0 Å². The van der Waals surface area contributed by atoms with Crippen molar-refractivity contribution in [3.8, 4) is 0 Å². The minimum absolute atomic E-state index is 0.0470. The number of ether oxygens (including phenoxy) is 2. The molecule has 2 N–H and O–H groups in total. The molecule has 0 bridgehead atoms. The average molecular weight is 530 g/mol. The number of hydrogen-bond acceptors (Lipinski definition) is 6. The number of hydrogen-bond donors (Lipinski definition) is 2. The lowest BCUT2D eigenvalue weighted by atomic mass is 9.75. The van der Waals surface area contributed by atoms with Crippen LogP contribution in [0.3, 0.4) is 0 Å². The second-order valence-corrected chi connectivity index (χ2v) is 17.7. The zero-order valence-corrected chi connectivity index (χ0v) is 25.1. The number of carboxylic acids is 1. The van der Waals surface area contributed by atoms with E-state index in [9.17, 15) is 19.5 Å². The van der Waals surface area contributed by atoms with Crippen LogP contribution >= 0.6 is 0 Å². The van der Waals surface area contributed by atoms with Crippen LogP contribution in [-0.2, 0) is 28.3 Å². The fourth-order valence-electron chi connectivity index (χ4n) is 4.44. The molecule has 36 heavy (non-hydrogen) atoms. The summed E-state index contributed by atoms with van der Waals surface area (Å²) in [6.45, 7) is 17.1. The highest BCUT2D eigenvalue weighted by molar-refractivity contribution is 6.74. The number of methoxy groups -OCH3 is 1. The molecule has 1 fully saturated rings. The van der Waals surface area contributed by atoms with Gasteiger partial charge in [0.15, 0.2) is 8.32 Å². The summed E-state index contributed by atoms with van der Waals surface area (Å²) in [6.07, 6.45) is 4.25. The van der Waals surface area contributed by atoms with Crippen LogP contribution in [-0.4, -0.2) is 63.2 Å². The summed E-state index contributed by atoms with van der Waals surface area (Å²) < 4.78 is 17.1. The summed E-state index contributed by atoms with van der Waals surface area (Å²) in [7, 11) is -0.393. The van der Waals surface area contributed by atoms with Gasteiger partial charge in [-0.25, -0.2) is 0 Å². The van der Waals surface area contributed by atoms with Gasteiger partial charge in [-0.3, -0.25) is 14.4 Å². The van der Waals surface area contributed by atoms with Crippen molar-refractivity contribution in [2.24, 2.45) is 11.3 Å². The van der Waals surface area contributed by atoms with Crippen molar-refractivity contribution in [2.45, 2.75) is 123 Å². The fourth-order valence-corrected chi connectivity index (χ4v) is 5.50. The van der Waals surface area contributed by atoms with Crippen molar-refractivity contribution in [1.82, 2.24) is 5.32 Å². The smallest absolute Gasteiger partial charge is 0.309 e. The highest BCUT2D eigenvalue weighted by atomic mass is 28.4. The SMILES string of the molecule is COCC[C@H](CC1(C(=O)N[C@H](CCO[Si](C)(C)C(C)(C)C)CC(=O)O)CCCC1)C(=O)OC(C)(C)C. The summed E-state index contributed by atoms with van der Waals surface area (Å²) >= 11 is 0. The summed E-state index contributed by atoms with van der Waals surface area (Å²) in [6, 6.07) is -0.531. The molecule has 1 saturated carbocycles. The normalized spacial score (nSPS) is 17.9. The highest BCUT2D eigenvalue weighted by Gasteiger charge is 2.45. The van der Waals surface area contributed by atoms with Gasteiger partial charge >= 0.3 is 11.9 Å². The Kier molecular flexibility index (Phi) is 12.1. The van der Waals surface area contributed by atoms with E-state index in [1.54, 1.807) is 7.11 Å². The Hall–Kier alpha value is -1.45. The summed E-state index contributed by atoms with van der Waals surface area (Å²) in [5.74, 6) is -1.90. The van der Waals surface area contributed by atoms with Crippen molar-refractivity contribution >= 4 is 26.2 Å². The number of rotatable bonds is 14. The van der Waals surface area contributed by atoms with E-state index >= 15 is 0 Å². The lowest BCUT2D eigenvalue weighted by Crippen LogP contribution is -2.48. The molecule has 1 aliphatic rings. The molecule has 0 aromatic heterocycles. The molecule has 1 rings (SSSR count). The minimum atomic E-state index is -1.98. The molecule has 0 aliphatic heterocycles. The van der Waals surface area contributed by atoms with Crippen LogP contribution in [0.5, 0.6) is 0 Å². The first-order valence-corrected chi connectivity index (χ1v) is 16.2. The van der Waals surface area contributed by atoms with Gasteiger partial charge in [-0.05, 0) is 71.0 Å². The Labute approximate surface area is 219 Å². The number of carboxylic acid groups (broad SMARTS) is 1. The number of carbonyl (C=O) groups is 3. The third kappa shape index (κ3) is 10.5. The standard InChI is InChI=1S/C27H51NO7Si/c1-25(2,3)35-23(31)20(12-16-33-7)19-27(14-10-11-15-27)24(32)28-21(18-22(29)30)13-17-34-36(8,9)26(4,5)6/h20-21H,10-19H2,1-9H3,(H,28,32)(H,29,30)/t20-,21-/m1/s1. The predicted molar refractivity (Wildman–Crippen MR) is 143 cm³/mol. The van der Waals surface area contributed by atoms with E-state index in [1.807, 2.05) is 20.8 Å². The summed E-state index contributed by atoms with van der Waals surface area (Å²) in [5.41, 5.74) is -1.34. The monoisotopic (exact) mass is 529 g/mol. The lowest BCUT2D eigenvalue weighted by Gasteiger charge is -2.37. The van der Waals surface area contributed by atoms with E-state index in [1.165, 1.54) is 0 Å². The van der Waals surface area contributed by atoms with Gasteiger partial charge in [0.1, 0.15) is 5.60 Å². The molecule has 1 amide bonds. The van der Waals surface area contributed by atoms with Gasteiger partial charge in [0.25, 0.3) is 0 Å². The molecule has 0 aromatic rings. The first kappa shape index (κ1) is 32.6. The van der Waals surface area contributed by atoms with E-state index in [4.69, 9.17) is 13.9 Å². The number of aliphatic carboxylic acids is 1. The number of carbonyl (C=O) groups excluding carboxylic acids is 2. The van der Waals surface area contributed by atoms with Crippen LogP contribution in [0.2, 0.25) is 18.1 Å². The maximum absolute atomic E-state index is 13.7. The van der Waals surface area contributed by atoms with Crippen molar-refractivity contribution < 1.29 is 33.4 Å². The first-order chi connectivity index (χ1) is 16.4. The Bertz CT molecular complexity index is 733. The van der Waals surface area contributed by atoms with Crippen molar-refractivity contribution in [2.75, 3.05) is 20.3 Å². The maximum atomic E-state index is 13.7. The zero-order chi connectivity index (χ0) is 27.8. The van der Waals surface area contributed by atoms with E-state index in [0.717, 1.165) is 12.8 Å². The van der Waals surface area contributed by atoms with E-state index < -0.39 is 37.3 Å². The fraction of sp³-hybridized carbons (Fsp3) is 0.889. The second kappa shape index (κ2) is 13.4. The Morgan fingerprint density at radius 3 is 2.06 bits per heavy atom. The van der Waals surface area contributed by atoms with Gasteiger partial charge in [-0.2, -0.15) is 0 Å². The van der Waals surface area contributed by atoms with Crippen molar-refractivity contribution in [3.05, 3.63) is 0 Å². The molecule has 0 saturated heterocycles. The Balaban J connectivity index is 3.01. The topological polar surface area (TPSA) is 111 Å². The molecular formula is C27H51NO7Si. The van der Waals surface area contributed by atoms with Crippen LogP contribution in [0, 0.1) is 11.3 Å². The van der Waals surface area contributed by atoms with Crippen LogP contribution in [0.25, 0.3) is 0 Å². The summed E-state index contributed by atoms with van der Waals surface area (Å²) in [5, 5.41) is 12.6. The number of nitrogens with one attached hydrogen (secondary N) is 1. The average Bonchev–Trinajstić information content (AvgIpc) is 3.18. The third-order valence-electron chi connectivity index (χ3n) is 7.58. The van der Waals surface area contributed by atoms with Crippen LogP contribution in [0.15, 0.2) is 0 Å². The van der Waals surface area contributed by atoms with E-state index in [0.29, 0.717) is 45.3 Å². The largest absolute Gasteiger partial charge is 0.481 e. The molecule has 0 unspecified atom stereocenters. The first-order valence-electron chi connectivity index (χ1n) is 13.3. The molecule has 0 heterocycles. The zero-order valence-electron chi connectivity index (χ0n) is 24.1. The van der Waals surface area contributed by atoms with Gasteiger partial charge in [0.2, 0.25) is 5.91 Å². The van der Waals surface area contributed by atoms with Gasteiger partial charge in [-0.15, -0.1) is 0 Å². The number of amides is 1. The van der Waals surface area contributed by atoms with Crippen molar-refractivity contribution in [3.63, 3.8) is 0 Å². The molecule has 0 radical (unpaired) electrons. The van der Waals surface area contributed by atoms with Crippen molar-refractivity contribution in [1.29, 1.82) is 0 Å². The molecule has 1 aliphatic carbocycles. The Morgan fingerprint density at radius 2 is 1.58 bits per heavy atom. The molecular weight excluding hydrogens is 478 g/mol. The van der Waals surface area contributed by atoms with Gasteiger partial charge in [0.05, 0.1) is 17.8 Å².